The van der Waals surface area contributed by atoms with Crippen molar-refractivity contribution >= 4 is 17.5 Å². The Morgan fingerprint density at radius 1 is 1.28 bits per heavy atom. The number of likely N-dealkylation sites (tertiary alicyclic amines) is 1. The van der Waals surface area contributed by atoms with Gasteiger partial charge in [0.05, 0.1) is 5.41 Å². The Balaban J connectivity index is 1.54. The smallest absolute Gasteiger partial charge is 0.239 e. The van der Waals surface area contributed by atoms with Crippen LogP contribution in [0.25, 0.3) is 0 Å². The molecule has 0 bridgehead atoms. The van der Waals surface area contributed by atoms with Gasteiger partial charge in [-0.2, -0.15) is 5.10 Å². The number of anilines is 1. The van der Waals surface area contributed by atoms with E-state index in [1.54, 1.807) is 15.8 Å². The molecule has 4 rings (SSSR count). The molecular formula is C19H22N4O2. The van der Waals surface area contributed by atoms with E-state index in [4.69, 9.17) is 0 Å². The van der Waals surface area contributed by atoms with E-state index in [1.165, 1.54) is 0 Å². The number of amides is 2. The molecule has 0 radical (unpaired) electrons. The summed E-state index contributed by atoms with van der Waals surface area (Å²) >= 11 is 0. The maximum atomic E-state index is 13.0. The van der Waals surface area contributed by atoms with Crippen LogP contribution >= 0.6 is 0 Å². The number of carbonyl (C=O) groups is 2. The summed E-state index contributed by atoms with van der Waals surface area (Å²) in [6.45, 7) is 1.77. The summed E-state index contributed by atoms with van der Waals surface area (Å²) in [6, 6.07) is 9.81. The van der Waals surface area contributed by atoms with E-state index < -0.39 is 5.41 Å². The van der Waals surface area contributed by atoms with Crippen LogP contribution in [0.1, 0.15) is 24.8 Å². The highest BCUT2D eigenvalue weighted by atomic mass is 16.2. The Kier molecular flexibility index (Phi) is 3.82. The Morgan fingerprint density at radius 2 is 2.12 bits per heavy atom. The van der Waals surface area contributed by atoms with Crippen molar-refractivity contribution in [2.75, 3.05) is 25.0 Å². The minimum atomic E-state index is -0.578. The van der Waals surface area contributed by atoms with Gasteiger partial charge in [-0.3, -0.25) is 14.3 Å². The van der Waals surface area contributed by atoms with E-state index in [0.717, 1.165) is 30.6 Å². The molecule has 2 amide bonds. The van der Waals surface area contributed by atoms with Crippen molar-refractivity contribution in [3.05, 3.63) is 48.3 Å². The van der Waals surface area contributed by atoms with Gasteiger partial charge in [-0.25, -0.2) is 0 Å². The number of aromatic nitrogens is 2. The summed E-state index contributed by atoms with van der Waals surface area (Å²) in [7, 11) is 1.83. The van der Waals surface area contributed by atoms with Crippen LogP contribution in [0.3, 0.4) is 0 Å². The molecule has 25 heavy (non-hydrogen) atoms. The molecule has 1 saturated heterocycles. The number of rotatable bonds is 3. The summed E-state index contributed by atoms with van der Waals surface area (Å²) < 4.78 is 1.77. The first-order valence-corrected chi connectivity index (χ1v) is 8.75. The number of nitrogens with zero attached hydrogens (tertiary/aromatic N) is 4. The normalized spacial score (nSPS) is 22.5. The second kappa shape index (κ2) is 6.02. The third kappa shape index (κ3) is 2.52. The van der Waals surface area contributed by atoms with Crippen molar-refractivity contribution in [2.24, 2.45) is 0 Å². The van der Waals surface area contributed by atoms with Crippen molar-refractivity contribution < 1.29 is 9.59 Å². The van der Waals surface area contributed by atoms with Crippen molar-refractivity contribution in [3.63, 3.8) is 0 Å². The summed E-state index contributed by atoms with van der Waals surface area (Å²) in [4.78, 5) is 29.3. The van der Waals surface area contributed by atoms with Gasteiger partial charge in [0.15, 0.2) is 0 Å². The van der Waals surface area contributed by atoms with Gasteiger partial charge < -0.3 is 9.80 Å². The SMILES string of the molecule is CN1C(=O)C2(CCCN(C(=O)CCn3cccn3)C2)c2ccccc21. The minimum Gasteiger partial charge on any atom is -0.341 e. The van der Waals surface area contributed by atoms with Crippen molar-refractivity contribution in [1.82, 2.24) is 14.7 Å². The molecule has 1 unspecified atom stereocenters. The maximum Gasteiger partial charge on any atom is 0.239 e. The largest absolute Gasteiger partial charge is 0.341 e. The van der Waals surface area contributed by atoms with Crippen molar-refractivity contribution in [2.45, 2.75) is 31.2 Å². The van der Waals surface area contributed by atoms with E-state index in [0.29, 0.717) is 19.5 Å². The average Bonchev–Trinajstić information content (AvgIpc) is 3.24. The lowest BCUT2D eigenvalue weighted by Gasteiger charge is -2.39. The maximum absolute atomic E-state index is 13.0. The van der Waals surface area contributed by atoms with E-state index in [2.05, 4.69) is 5.10 Å². The number of benzene rings is 1. The van der Waals surface area contributed by atoms with Gasteiger partial charge in [0.25, 0.3) is 0 Å². The molecule has 0 aliphatic carbocycles. The molecule has 1 spiro atoms. The summed E-state index contributed by atoms with van der Waals surface area (Å²) in [6.07, 6.45) is 5.63. The quantitative estimate of drug-likeness (QED) is 0.858. The van der Waals surface area contributed by atoms with E-state index in [-0.39, 0.29) is 11.8 Å². The molecule has 0 saturated carbocycles. The zero-order valence-corrected chi connectivity index (χ0v) is 14.4. The average molecular weight is 338 g/mol. The van der Waals surface area contributed by atoms with Gasteiger partial charge in [-0.15, -0.1) is 0 Å². The van der Waals surface area contributed by atoms with E-state index >= 15 is 0 Å². The van der Waals surface area contributed by atoms with Crippen LogP contribution in [0.2, 0.25) is 0 Å². The lowest BCUT2D eigenvalue weighted by molar-refractivity contribution is -0.136. The minimum absolute atomic E-state index is 0.0920. The summed E-state index contributed by atoms with van der Waals surface area (Å²) in [5.74, 6) is 0.202. The monoisotopic (exact) mass is 338 g/mol. The number of piperidine rings is 1. The van der Waals surface area contributed by atoms with Crippen LogP contribution in [0.15, 0.2) is 42.7 Å². The van der Waals surface area contributed by atoms with Crippen molar-refractivity contribution in [3.8, 4) is 0 Å². The van der Waals surface area contributed by atoms with Crippen LogP contribution in [0.5, 0.6) is 0 Å². The first-order chi connectivity index (χ1) is 12.1. The molecule has 130 valence electrons. The molecule has 0 N–H and O–H groups in total. The predicted octanol–water partition coefficient (Wildman–Crippen LogP) is 1.81. The van der Waals surface area contributed by atoms with Crippen LogP contribution in [-0.4, -0.2) is 46.6 Å². The molecule has 6 heteroatoms. The topological polar surface area (TPSA) is 58.4 Å². The van der Waals surface area contributed by atoms with Gasteiger partial charge in [0, 0.05) is 51.2 Å². The number of carbonyl (C=O) groups excluding carboxylic acids is 2. The number of para-hydroxylation sites is 1. The van der Waals surface area contributed by atoms with Gasteiger partial charge in [0.1, 0.15) is 0 Å². The molecule has 1 atom stereocenters. The predicted molar refractivity (Wildman–Crippen MR) is 94.2 cm³/mol. The number of hydrogen-bond acceptors (Lipinski definition) is 3. The fraction of sp³-hybridized carbons (Fsp3) is 0.421. The van der Waals surface area contributed by atoms with Crippen LogP contribution in [0, 0.1) is 0 Å². The van der Waals surface area contributed by atoms with Gasteiger partial charge in [-0.05, 0) is 30.5 Å². The summed E-state index contributed by atoms with van der Waals surface area (Å²) in [5, 5.41) is 4.14. The Labute approximate surface area is 147 Å². The number of aryl methyl sites for hydroxylation is 1. The highest BCUT2D eigenvalue weighted by molar-refractivity contribution is 6.08. The standard InChI is InChI=1S/C19H22N4O2/c1-21-16-7-3-2-6-15(16)19(18(21)25)9-4-11-22(14-19)17(24)8-13-23-12-5-10-20-23/h2-3,5-7,10,12H,4,8-9,11,13-14H2,1H3. The lowest BCUT2D eigenvalue weighted by atomic mass is 9.75. The lowest BCUT2D eigenvalue weighted by Crippen LogP contribution is -2.53. The first kappa shape index (κ1) is 15.9. The number of fused-ring (bicyclic) bond motifs is 2. The van der Waals surface area contributed by atoms with Crippen molar-refractivity contribution in [1.29, 1.82) is 0 Å². The third-order valence-corrected chi connectivity index (χ3v) is 5.45. The molecular weight excluding hydrogens is 316 g/mol. The third-order valence-electron chi connectivity index (χ3n) is 5.45. The van der Waals surface area contributed by atoms with Gasteiger partial charge in [-0.1, -0.05) is 18.2 Å². The fourth-order valence-electron chi connectivity index (χ4n) is 4.18. The number of likely N-dealkylation sites (N-methyl/N-ethyl adjacent to an activating group) is 1. The molecule has 1 aromatic heterocycles. The molecule has 3 heterocycles. The molecule has 1 aromatic carbocycles. The molecule has 2 aromatic rings. The van der Waals surface area contributed by atoms with Crippen LogP contribution in [-0.2, 0) is 21.5 Å². The molecule has 1 fully saturated rings. The van der Waals surface area contributed by atoms with Crippen LogP contribution in [0.4, 0.5) is 5.69 Å². The highest BCUT2D eigenvalue weighted by Crippen LogP contribution is 2.46. The highest BCUT2D eigenvalue weighted by Gasteiger charge is 2.52. The molecule has 2 aliphatic heterocycles. The second-order valence-electron chi connectivity index (χ2n) is 6.90. The fourth-order valence-corrected chi connectivity index (χ4v) is 4.18. The van der Waals surface area contributed by atoms with Gasteiger partial charge in [0.2, 0.25) is 11.8 Å². The zero-order valence-electron chi connectivity index (χ0n) is 14.4. The van der Waals surface area contributed by atoms with Crippen LogP contribution < -0.4 is 4.90 Å². The Hall–Kier alpha value is -2.63. The zero-order chi connectivity index (χ0) is 17.4. The Morgan fingerprint density at radius 3 is 2.92 bits per heavy atom. The first-order valence-electron chi connectivity index (χ1n) is 8.75. The molecule has 6 nitrogen and oxygen atoms in total. The van der Waals surface area contributed by atoms with E-state index in [1.807, 2.05) is 48.5 Å². The number of hydrogen-bond donors (Lipinski definition) is 0. The Bertz CT molecular complexity index is 802. The summed E-state index contributed by atoms with van der Waals surface area (Å²) in [5.41, 5.74) is 1.45. The van der Waals surface area contributed by atoms with E-state index in [9.17, 15) is 9.59 Å². The molecule has 2 aliphatic rings. The van der Waals surface area contributed by atoms with Gasteiger partial charge >= 0.3 is 0 Å². The second-order valence-corrected chi connectivity index (χ2v) is 6.90.